The van der Waals surface area contributed by atoms with Gasteiger partial charge in [-0.25, -0.2) is 0 Å². The Morgan fingerprint density at radius 3 is 2.82 bits per heavy atom. The highest BCUT2D eigenvalue weighted by atomic mass is 16.5. The monoisotopic (exact) mass is 294 g/mol. The molecule has 0 aromatic heterocycles. The summed E-state index contributed by atoms with van der Waals surface area (Å²) in [5, 5.41) is 12.3. The van der Waals surface area contributed by atoms with Crippen LogP contribution < -0.4 is 14.8 Å². The summed E-state index contributed by atoms with van der Waals surface area (Å²) in [5.74, 6) is 1.66. The first kappa shape index (κ1) is 14.4. The molecule has 0 radical (unpaired) electrons. The molecule has 0 saturated carbocycles. The number of fused-ring (bicyclic) bond motifs is 1. The minimum atomic E-state index is 0.273. The highest BCUT2D eigenvalue weighted by molar-refractivity contribution is 5.48. The number of methoxy groups -OCH3 is 1. The molecular weight excluding hydrogens is 276 g/mol. The summed E-state index contributed by atoms with van der Waals surface area (Å²) in [6.45, 7) is 1.39. The van der Waals surface area contributed by atoms with Crippen LogP contribution in [0.1, 0.15) is 16.7 Å². The number of para-hydroxylation sites is 1. The molecule has 2 aromatic rings. The van der Waals surface area contributed by atoms with Crippen molar-refractivity contribution < 1.29 is 9.47 Å². The van der Waals surface area contributed by atoms with Crippen LogP contribution in [0.15, 0.2) is 42.5 Å². The Bertz CT molecular complexity index is 689. The molecule has 4 nitrogen and oxygen atoms in total. The molecule has 0 aliphatic carbocycles. The van der Waals surface area contributed by atoms with Gasteiger partial charge >= 0.3 is 0 Å². The lowest BCUT2D eigenvalue weighted by molar-refractivity contribution is 0.226. The summed E-state index contributed by atoms with van der Waals surface area (Å²) < 4.78 is 11.2. The summed E-state index contributed by atoms with van der Waals surface area (Å²) in [7, 11) is 1.66. The molecule has 0 spiro atoms. The smallest absolute Gasteiger partial charge is 0.164 e. The summed E-state index contributed by atoms with van der Waals surface area (Å²) in [4.78, 5) is 0. The second-order valence-electron chi connectivity index (χ2n) is 5.35. The molecule has 1 aliphatic rings. The molecule has 22 heavy (non-hydrogen) atoms. The molecule has 0 fully saturated rings. The van der Waals surface area contributed by atoms with Crippen molar-refractivity contribution in [3.8, 4) is 17.6 Å². The third-order valence-electron chi connectivity index (χ3n) is 3.85. The topological polar surface area (TPSA) is 54.3 Å². The van der Waals surface area contributed by atoms with Crippen LogP contribution >= 0.6 is 0 Å². The SMILES string of the molecule is COc1cccc2c1OC[C@@H](NCc1ccc(C#N)cc1)C2. The normalized spacial score (nSPS) is 16.3. The molecule has 0 amide bonds. The van der Waals surface area contributed by atoms with Crippen molar-refractivity contribution in [2.75, 3.05) is 13.7 Å². The van der Waals surface area contributed by atoms with E-state index in [-0.39, 0.29) is 6.04 Å². The maximum Gasteiger partial charge on any atom is 0.164 e. The first-order valence-electron chi connectivity index (χ1n) is 7.31. The number of hydrogen-bond acceptors (Lipinski definition) is 4. The number of ether oxygens (including phenoxy) is 2. The minimum Gasteiger partial charge on any atom is -0.493 e. The van der Waals surface area contributed by atoms with Gasteiger partial charge in [-0.05, 0) is 35.7 Å². The molecule has 1 N–H and O–H groups in total. The molecule has 1 atom stereocenters. The van der Waals surface area contributed by atoms with Crippen LogP contribution in [0.2, 0.25) is 0 Å². The van der Waals surface area contributed by atoms with Gasteiger partial charge in [0.2, 0.25) is 0 Å². The van der Waals surface area contributed by atoms with E-state index in [0.717, 1.165) is 30.0 Å². The van der Waals surface area contributed by atoms with Crippen LogP contribution in [-0.2, 0) is 13.0 Å². The third-order valence-corrected chi connectivity index (χ3v) is 3.85. The highest BCUT2D eigenvalue weighted by Crippen LogP contribution is 2.34. The number of benzene rings is 2. The second kappa shape index (κ2) is 6.50. The summed E-state index contributed by atoms with van der Waals surface area (Å²) in [6, 6.07) is 16.0. The molecule has 3 rings (SSSR count). The number of nitriles is 1. The van der Waals surface area contributed by atoms with E-state index in [1.165, 1.54) is 5.56 Å². The van der Waals surface area contributed by atoms with E-state index in [4.69, 9.17) is 14.7 Å². The Labute approximate surface area is 130 Å². The fraction of sp³-hybridized carbons (Fsp3) is 0.278. The molecule has 0 unspecified atom stereocenters. The van der Waals surface area contributed by atoms with Gasteiger partial charge in [-0.2, -0.15) is 5.26 Å². The fourth-order valence-electron chi connectivity index (χ4n) is 2.65. The van der Waals surface area contributed by atoms with Gasteiger partial charge in [0, 0.05) is 12.6 Å². The van der Waals surface area contributed by atoms with Gasteiger partial charge in [-0.1, -0.05) is 24.3 Å². The van der Waals surface area contributed by atoms with E-state index in [1.807, 2.05) is 36.4 Å². The first-order valence-corrected chi connectivity index (χ1v) is 7.31. The maximum atomic E-state index is 8.81. The van der Waals surface area contributed by atoms with E-state index in [1.54, 1.807) is 7.11 Å². The number of rotatable bonds is 4. The van der Waals surface area contributed by atoms with Gasteiger partial charge in [-0.3, -0.25) is 0 Å². The van der Waals surface area contributed by atoms with E-state index < -0.39 is 0 Å². The van der Waals surface area contributed by atoms with Crippen LogP contribution in [0.25, 0.3) is 0 Å². The Balaban J connectivity index is 1.62. The van der Waals surface area contributed by atoms with Crippen LogP contribution in [-0.4, -0.2) is 19.8 Å². The zero-order valence-electron chi connectivity index (χ0n) is 12.5. The van der Waals surface area contributed by atoms with Crippen LogP contribution in [0.4, 0.5) is 0 Å². The Hall–Kier alpha value is -2.51. The Morgan fingerprint density at radius 2 is 2.09 bits per heavy atom. The van der Waals surface area contributed by atoms with Crippen molar-refractivity contribution in [1.29, 1.82) is 5.26 Å². The maximum absolute atomic E-state index is 8.81. The number of nitrogens with zero attached hydrogens (tertiary/aromatic N) is 1. The molecule has 1 heterocycles. The zero-order valence-corrected chi connectivity index (χ0v) is 12.5. The van der Waals surface area contributed by atoms with Gasteiger partial charge in [0.05, 0.1) is 18.7 Å². The largest absolute Gasteiger partial charge is 0.493 e. The standard InChI is InChI=1S/C18H18N2O2/c1-21-17-4-2-3-15-9-16(12-22-18(15)17)20-11-14-7-5-13(10-19)6-8-14/h2-8,16,20H,9,11-12H2,1H3/t16-/m0/s1. The second-order valence-corrected chi connectivity index (χ2v) is 5.35. The fourth-order valence-corrected chi connectivity index (χ4v) is 2.65. The quantitative estimate of drug-likeness (QED) is 0.942. The average Bonchev–Trinajstić information content (AvgIpc) is 2.59. The minimum absolute atomic E-state index is 0.273. The molecule has 1 aliphatic heterocycles. The van der Waals surface area contributed by atoms with E-state index in [0.29, 0.717) is 12.2 Å². The van der Waals surface area contributed by atoms with Crippen LogP contribution in [0.3, 0.4) is 0 Å². The predicted octanol–water partition coefficient (Wildman–Crippen LogP) is 2.66. The third kappa shape index (κ3) is 3.05. The predicted molar refractivity (Wildman–Crippen MR) is 84.0 cm³/mol. The molecule has 2 aromatic carbocycles. The van der Waals surface area contributed by atoms with E-state index >= 15 is 0 Å². The van der Waals surface area contributed by atoms with Gasteiger partial charge in [-0.15, -0.1) is 0 Å². The van der Waals surface area contributed by atoms with Crippen molar-refractivity contribution >= 4 is 0 Å². The van der Waals surface area contributed by atoms with Gasteiger partial charge in [0.1, 0.15) is 6.61 Å². The average molecular weight is 294 g/mol. The molecule has 0 bridgehead atoms. The molecule has 112 valence electrons. The number of hydrogen-bond donors (Lipinski definition) is 1. The highest BCUT2D eigenvalue weighted by Gasteiger charge is 2.22. The Kier molecular flexibility index (Phi) is 4.27. The molecule has 4 heteroatoms. The lowest BCUT2D eigenvalue weighted by atomic mass is 10.0. The van der Waals surface area contributed by atoms with E-state index in [9.17, 15) is 0 Å². The lowest BCUT2D eigenvalue weighted by Crippen LogP contribution is -2.38. The van der Waals surface area contributed by atoms with Crippen molar-refractivity contribution in [2.45, 2.75) is 19.0 Å². The zero-order chi connectivity index (χ0) is 15.4. The first-order chi connectivity index (χ1) is 10.8. The lowest BCUT2D eigenvalue weighted by Gasteiger charge is -2.27. The summed E-state index contributed by atoms with van der Waals surface area (Å²) in [6.07, 6.45) is 0.919. The summed E-state index contributed by atoms with van der Waals surface area (Å²) in [5.41, 5.74) is 3.02. The molecule has 0 saturated heterocycles. The van der Waals surface area contributed by atoms with E-state index in [2.05, 4.69) is 17.5 Å². The van der Waals surface area contributed by atoms with Gasteiger partial charge < -0.3 is 14.8 Å². The Morgan fingerprint density at radius 1 is 1.27 bits per heavy atom. The summed E-state index contributed by atoms with van der Waals surface area (Å²) >= 11 is 0. The van der Waals surface area contributed by atoms with Crippen molar-refractivity contribution in [1.82, 2.24) is 5.32 Å². The van der Waals surface area contributed by atoms with Crippen molar-refractivity contribution in [3.63, 3.8) is 0 Å². The van der Waals surface area contributed by atoms with Gasteiger partial charge in [0.25, 0.3) is 0 Å². The van der Waals surface area contributed by atoms with Crippen molar-refractivity contribution in [3.05, 3.63) is 59.2 Å². The number of nitrogens with one attached hydrogen (secondary N) is 1. The van der Waals surface area contributed by atoms with Crippen molar-refractivity contribution in [2.24, 2.45) is 0 Å². The van der Waals surface area contributed by atoms with Crippen LogP contribution in [0.5, 0.6) is 11.5 Å². The molecular formula is C18H18N2O2. The van der Waals surface area contributed by atoms with Gasteiger partial charge in [0.15, 0.2) is 11.5 Å². The van der Waals surface area contributed by atoms with Crippen LogP contribution in [0, 0.1) is 11.3 Å².